The Morgan fingerprint density at radius 2 is 1.76 bits per heavy atom. The van der Waals surface area contributed by atoms with Crippen LogP contribution in [-0.4, -0.2) is 28.0 Å². The summed E-state index contributed by atoms with van der Waals surface area (Å²) in [6, 6.07) is 13.5. The highest BCUT2D eigenvalue weighted by atomic mass is 16.5. The number of aliphatic hydroxyl groups excluding tert-OH is 2. The van der Waals surface area contributed by atoms with Crippen molar-refractivity contribution >= 4 is 0 Å². The highest BCUT2D eigenvalue weighted by Crippen LogP contribution is 2.27. The molecular formula is C25H32O4. The lowest BCUT2D eigenvalue weighted by molar-refractivity contribution is 0.0286. The quantitative estimate of drug-likeness (QED) is 0.500. The van der Waals surface area contributed by atoms with E-state index in [0.29, 0.717) is 19.4 Å². The molecule has 2 aromatic rings. The number of ether oxygens (including phenoxy) is 1. The zero-order valence-electron chi connectivity index (χ0n) is 17.6. The van der Waals surface area contributed by atoms with Crippen LogP contribution in [0.5, 0.6) is 5.75 Å². The Morgan fingerprint density at radius 3 is 2.38 bits per heavy atom. The predicted molar refractivity (Wildman–Crippen MR) is 116 cm³/mol. The number of hydrogen-bond acceptors (Lipinski definition) is 4. The summed E-state index contributed by atoms with van der Waals surface area (Å²) in [7, 11) is 0. The normalized spacial score (nSPS) is 12.9. The molecule has 4 nitrogen and oxygen atoms in total. The molecule has 0 aliphatic rings. The maximum atomic E-state index is 10.4. The van der Waals surface area contributed by atoms with Crippen molar-refractivity contribution in [3.05, 3.63) is 82.1 Å². The summed E-state index contributed by atoms with van der Waals surface area (Å²) in [6.07, 6.45) is 2.28. The summed E-state index contributed by atoms with van der Waals surface area (Å²) < 4.78 is 5.60. The number of aliphatic hydroxyl groups is 2. The molecule has 0 saturated heterocycles. The van der Waals surface area contributed by atoms with Crippen LogP contribution in [0.1, 0.15) is 54.5 Å². The van der Waals surface area contributed by atoms with Crippen LogP contribution in [-0.2, 0) is 11.3 Å². The van der Waals surface area contributed by atoms with Crippen molar-refractivity contribution in [2.75, 3.05) is 6.61 Å². The fraction of sp³-hybridized carbons (Fsp3) is 0.400. The molecule has 0 aliphatic carbocycles. The van der Waals surface area contributed by atoms with E-state index in [1.807, 2.05) is 57.2 Å². The fourth-order valence-electron chi connectivity index (χ4n) is 3.17. The van der Waals surface area contributed by atoms with Gasteiger partial charge in [-0.2, -0.15) is 0 Å². The largest absolute Gasteiger partial charge is 0.507 e. The molecular weight excluding hydrogens is 364 g/mol. The third-order valence-electron chi connectivity index (χ3n) is 4.88. The molecule has 0 radical (unpaired) electrons. The minimum absolute atomic E-state index is 0.271. The summed E-state index contributed by atoms with van der Waals surface area (Å²) >= 11 is 0. The van der Waals surface area contributed by atoms with E-state index in [9.17, 15) is 15.3 Å². The Bertz CT molecular complexity index is 812. The Hall–Kier alpha value is -2.36. The molecule has 3 N–H and O–H groups in total. The van der Waals surface area contributed by atoms with Crippen molar-refractivity contribution in [1.82, 2.24) is 0 Å². The van der Waals surface area contributed by atoms with Gasteiger partial charge in [0, 0.05) is 12.8 Å². The van der Waals surface area contributed by atoms with Crippen molar-refractivity contribution in [2.24, 2.45) is 0 Å². The van der Waals surface area contributed by atoms with Crippen LogP contribution in [0.4, 0.5) is 0 Å². The molecule has 0 aliphatic heterocycles. The molecule has 0 fully saturated rings. The van der Waals surface area contributed by atoms with Crippen LogP contribution in [0.2, 0.25) is 0 Å². The lowest BCUT2D eigenvalue weighted by atomic mass is 10.00. The van der Waals surface area contributed by atoms with Crippen LogP contribution in [0.3, 0.4) is 0 Å². The minimum atomic E-state index is -0.655. The summed E-state index contributed by atoms with van der Waals surface area (Å²) in [5, 5.41) is 30.5. The Labute approximate surface area is 173 Å². The van der Waals surface area contributed by atoms with E-state index in [4.69, 9.17) is 4.74 Å². The first-order valence-corrected chi connectivity index (χ1v) is 10.1. The second-order valence-corrected chi connectivity index (χ2v) is 7.42. The van der Waals surface area contributed by atoms with E-state index in [1.54, 1.807) is 12.1 Å². The van der Waals surface area contributed by atoms with Gasteiger partial charge in [-0.05, 0) is 66.3 Å². The number of phenols is 1. The number of benzene rings is 2. The van der Waals surface area contributed by atoms with Crippen LogP contribution >= 0.6 is 0 Å². The summed E-state index contributed by atoms with van der Waals surface area (Å²) in [5.74, 6) is 0.271. The van der Waals surface area contributed by atoms with Gasteiger partial charge in [-0.15, -0.1) is 5.73 Å². The highest BCUT2D eigenvalue weighted by Gasteiger charge is 2.10. The van der Waals surface area contributed by atoms with Crippen LogP contribution in [0.25, 0.3) is 0 Å². The third kappa shape index (κ3) is 7.52. The number of aryl methyl sites for hydroxylation is 2. The molecule has 0 unspecified atom stereocenters. The predicted octanol–water partition coefficient (Wildman–Crippen LogP) is 4.89. The average molecular weight is 397 g/mol. The number of aromatic hydroxyl groups is 1. The molecule has 4 heteroatoms. The molecule has 2 aromatic carbocycles. The van der Waals surface area contributed by atoms with Crippen molar-refractivity contribution < 1.29 is 20.1 Å². The lowest BCUT2D eigenvalue weighted by Crippen LogP contribution is -2.15. The summed E-state index contributed by atoms with van der Waals surface area (Å²) in [6.45, 7) is 6.43. The van der Waals surface area contributed by atoms with E-state index in [0.717, 1.165) is 34.2 Å². The maximum absolute atomic E-state index is 10.4. The average Bonchev–Trinajstić information content (AvgIpc) is 2.71. The molecule has 0 heterocycles. The Balaban J connectivity index is 1.86. The maximum Gasteiger partial charge on any atom is 0.121 e. The number of phenolic OH excluding ortho intramolecular Hbond substituents is 1. The van der Waals surface area contributed by atoms with E-state index in [1.165, 1.54) is 0 Å². The van der Waals surface area contributed by atoms with Crippen LogP contribution in [0.15, 0.2) is 59.8 Å². The summed E-state index contributed by atoms with van der Waals surface area (Å²) in [5.41, 5.74) is 7.58. The first kappa shape index (κ1) is 22.9. The first-order valence-electron chi connectivity index (χ1n) is 10.1. The third-order valence-corrected chi connectivity index (χ3v) is 4.88. The van der Waals surface area contributed by atoms with Gasteiger partial charge in [0.2, 0.25) is 0 Å². The molecule has 29 heavy (non-hydrogen) atoms. The second kappa shape index (κ2) is 11.6. The van der Waals surface area contributed by atoms with E-state index >= 15 is 0 Å². The van der Waals surface area contributed by atoms with Crippen molar-refractivity contribution in [3.63, 3.8) is 0 Å². The molecule has 0 spiro atoms. The second-order valence-electron chi connectivity index (χ2n) is 7.42. The smallest absolute Gasteiger partial charge is 0.121 e. The number of rotatable bonds is 10. The van der Waals surface area contributed by atoms with Gasteiger partial charge in [-0.25, -0.2) is 0 Å². The van der Waals surface area contributed by atoms with E-state index in [-0.39, 0.29) is 12.4 Å². The molecule has 0 bridgehead atoms. The van der Waals surface area contributed by atoms with Crippen LogP contribution < -0.4 is 0 Å². The molecule has 0 aromatic heterocycles. The monoisotopic (exact) mass is 396 g/mol. The van der Waals surface area contributed by atoms with Gasteiger partial charge in [0.25, 0.3) is 0 Å². The van der Waals surface area contributed by atoms with Crippen LogP contribution in [0, 0.1) is 13.8 Å². The van der Waals surface area contributed by atoms with Gasteiger partial charge in [0.15, 0.2) is 0 Å². The van der Waals surface area contributed by atoms with Gasteiger partial charge in [-0.1, -0.05) is 37.3 Å². The van der Waals surface area contributed by atoms with Crippen molar-refractivity contribution in [1.29, 1.82) is 0 Å². The Kier molecular flexibility index (Phi) is 9.17. The molecule has 0 saturated carbocycles. The zero-order valence-corrected chi connectivity index (χ0v) is 17.6. The van der Waals surface area contributed by atoms with E-state index < -0.39 is 12.2 Å². The lowest BCUT2D eigenvalue weighted by Gasteiger charge is -2.13. The van der Waals surface area contributed by atoms with Gasteiger partial charge < -0.3 is 20.1 Å². The fourth-order valence-corrected chi connectivity index (χ4v) is 3.17. The van der Waals surface area contributed by atoms with Gasteiger partial charge in [-0.3, -0.25) is 0 Å². The van der Waals surface area contributed by atoms with Gasteiger partial charge >= 0.3 is 0 Å². The molecule has 0 amide bonds. The van der Waals surface area contributed by atoms with Gasteiger partial charge in [0.05, 0.1) is 25.4 Å². The molecule has 2 atom stereocenters. The van der Waals surface area contributed by atoms with E-state index in [2.05, 4.69) is 5.73 Å². The first-order chi connectivity index (χ1) is 13.9. The minimum Gasteiger partial charge on any atom is -0.507 e. The van der Waals surface area contributed by atoms with Crippen molar-refractivity contribution in [3.8, 4) is 5.75 Å². The standard InChI is InChI=1S/C25H32O4/c1-4-20(15-23(26)17-29-16-21-9-6-5-7-10-21)11-8-12-24(27)22-13-18(2)25(28)19(3)14-22/h5-10,13-14,23-24,26-28H,4,12,15-17H2,1-3H3/t11?,23-,24-/m1/s1. The summed E-state index contributed by atoms with van der Waals surface area (Å²) in [4.78, 5) is 0. The van der Waals surface area contributed by atoms with Gasteiger partial charge in [0.1, 0.15) is 5.75 Å². The zero-order chi connectivity index (χ0) is 21.2. The SMILES string of the molecule is CCC(=C=CC[C@@H](O)c1cc(C)c(O)c(C)c1)C[C@@H](O)COCc1ccccc1. The molecule has 2 rings (SSSR count). The Morgan fingerprint density at radius 1 is 1.10 bits per heavy atom. The highest BCUT2D eigenvalue weighted by molar-refractivity contribution is 5.42. The molecule has 156 valence electrons. The van der Waals surface area contributed by atoms with Crippen molar-refractivity contribution in [2.45, 2.75) is 58.8 Å². The number of hydrogen-bond donors (Lipinski definition) is 3. The topological polar surface area (TPSA) is 69.9 Å².